The Labute approximate surface area is 243 Å². The first kappa shape index (κ1) is 30.8. The predicted molar refractivity (Wildman–Crippen MR) is 153 cm³/mol. The molecule has 3 aromatic carbocycles. The van der Waals surface area contributed by atoms with Crippen molar-refractivity contribution in [2.45, 2.75) is 24.2 Å². The Morgan fingerprint density at radius 2 is 1.52 bits per heavy atom. The normalized spacial score (nSPS) is 17.3. The van der Waals surface area contributed by atoms with Gasteiger partial charge in [0.05, 0.1) is 54.2 Å². The lowest BCUT2D eigenvalue weighted by Crippen LogP contribution is -2.29. The van der Waals surface area contributed by atoms with Crippen molar-refractivity contribution in [1.29, 1.82) is 0 Å². The molecule has 226 valence electrons. The van der Waals surface area contributed by atoms with E-state index in [4.69, 9.17) is 28.4 Å². The zero-order valence-corrected chi connectivity index (χ0v) is 23.8. The quantitative estimate of drug-likeness (QED) is 0.201. The highest BCUT2D eigenvalue weighted by Gasteiger charge is 2.39. The Hall–Kier alpha value is -4.16. The van der Waals surface area contributed by atoms with Crippen molar-refractivity contribution in [1.82, 2.24) is 0 Å². The first-order valence-electron chi connectivity index (χ1n) is 13.2. The number of phenolic OH excluding ortho intramolecular Hbond substituents is 1. The molecule has 4 atom stereocenters. The maximum Gasteiger partial charge on any atom is 0.204 e. The van der Waals surface area contributed by atoms with E-state index in [-0.39, 0.29) is 42.0 Å². The molecule has 0 bridgehead atoms. The summed E-state index contributed by atoms with van der Waals surface area (Å²) in [7, 11) is 5.80. The van der Waals surface area contributed by atoms with Gasteiger partial charge in [-0.15, -0.1) is 0 Å². The van der Waals surface area contributed by atoms with Gasteiger partial charge in [0, 0.05) is 11.1 Å². The number of ether oxygens (including phenoxy) is 6. The molecule has 11 nitrogen and oxygen atoms in total. The summed E-state index contributed by atoms with van der Waals surface area (Å²) in [6, 6.07) is 11.3. The Morgan fingerprint density at radius 1 is 0.857 bits per heavy atom. The maximum absolute atomic E-state index is 11.0. The van der Waals surface area contributed by atoms with E-state index in [0.29, 0.717) is 22.6 Å². The van der Waals surface area contributed by atoms with Crippen LogP contribution in [-0.2, 0) is 0 Å². The maximum atomic E-state index is 11.0. The number of phenols is 1. The topological polar surface area (TPSA) is 157 Å². The first-order valence-corrected chi connectivity index (χ1v) is 13.2. The molecule has 1 aliphatic rings. The molecule has 0 saturated heterocycles. The average Bonchev–Trinajstić information content (AvgIpc) is 3.40. The number of benzene rings is 3. The summed E-state index contributed by atoms with van der Waals surface area (Å²) in [6.07, 6.45) is 0.275. The number of aliphatic hydroxyl groups is 4. The highest BCUT2D eigenvalue weighted by atomic mass is 16.6. The van der Waals surface area contributed by atoms with E-state index in [1.54, 1.807) is 30.4 Å². The highest BCUT2D eigenvalue weighted by Crippen LogP contribution is 2.53. The van der Waals surface area contributed by atoms with Gasteiger partial charge in [0.15, 0.2) is 40.6 Å². The van der Waals surface area contributed by atoms with Gasteiger partial charge in [0.25, 0.3) is 0 Å². The Bertz CT molecular complexity index is 1380. The molecule has 1 heterocycles. The largest absolute Gasteiger partial charge is 0.504 e. The summed E-state index contributed by atoms with van der Waals surface area (Å²) in [5.41, 5.74) is 2.49. The summed E-state index contributed by atoms with van der Waals surface area (Å²) in [5.74, 6) is 1.20. The summed E-state index contributed by atoms with van der Waals surface area (Å²) in [6.45, 7) is -0.905. The van der Waals surface area contributed by atoms with Crippen molar-refractivity contribution in [2.24, 2.45) is 0 Å². The van der Waals surface area contributed by atoms with Crippen LogP contribution in [0.2, 0.25) is 0 Å². The molecule has 5 N–H and O–H groups in total. The molecule has 4 rings (SSSR count). The van der Waals surface area contributed by atoms with Crippen molar-refractivity contribution in [2.75, 3.05) is 48.3 Å². The second-order valence-electron chi connectivity index (χ2n) is 9.52. The molecule has 0 radical (unpaired) electrons. The number of aromatic hydroxyl groups is 1. The molecular weight excluding hydrogens is 548 g/mol. The molecule has 42 heavy (non-hydrogen) atoms. The van der Waals surface area contributed by atoms with Crippen LogP contribution < -0.4 is 28.4 Å². The molecule has 0 fully saturated rings. The number of aliphatic hydroxyl groups excluding tert-OH is 4. The lowest BCUT2D eigenvalue weighted by atomic mass is 9.90. The molecule has 0 amide bonds. The minimum atomic E-state index is -1.30. The van der Waals surface area contributed by atoms with Gasteiger partial charge in [-0.05, 0) is 47.5 Å². The molecule has 3 aromatic rings. The number of hydrogen-bond donors (Lipinski definition) is 5. The van der Waals surface area contributed by atoms with E-state index in [1.807, 2.05) is 6.07 Å². The molecule has 0 aliphatic carbocycles. The Balaban J connectivity index is 1.69. The van der Waals surface area contributed by atoms with E-state index in [9.17, 15) is 25.5 Å². The van der Waals surface area contributed by atoms with Gasteiger partial charge in [-0.3, -0.25) is 0 Å². The number of methoxy groups -OCH3 is 4. The average molecular weight is 585 g/mol. The van der Waals surface area contributed by atoms with Crippen LogP contribution in [0.25, 0.3) is 6.08 Å². The lowest BCUT2D eigenvalue weighted by Gasteiger charge is -2.26. The van der Waals surface area contributed by atoms with E-state index >= 15 is 0 Å². The van der Waals surface area contributed by atoms with Crippen LogP contribution in [0.4, 0.5) is 0 Å². The fraction of sp³-hybridized carbons (Fsp3) is 0.355. The smallest absolute Gasteiger partial charge is 0.204 e. The van der Waals surface area contributed by atoms with Crippen LogP contribution in [0, 0.1) is 0 Å². The Kier molecular flexibility index (Phi) is 10.0. The molecule has 0 saturated carbocycles. The van der Waals surface area contributed by atoms with Gasteiger partial charge in [-0.2, -0.15) is 0 Å². The van der Waals surface area contributed by atoms with Gasteiger partial charge in [-0.1, -0.05) is 18.2 Å². The van der Waals surface area contributed by atoms with Gasteiger partial charge in [0.2, 0.25) is 5.75 Å². The fourth-order valence-corrected chi connectivity index (χ4v) is 4.98. The molecule has 0 aromatic heterocycles. The van der Waals surface area contributed by atoms with Crippen molar-refractivity contribution in [3.63, 3.8) is 0 Å². The zero-order chi connectivity index (χ0) is 30.4. The van der Waals surface area contributed by atoms with Crippen LogP contribution in [0.5, 0.6) is 40.2 Å². The van der Waals surface area contributed by atoms with Crippen molar-refractivity contribution in [3.8, 4) is 40.2 Å². The number of rotatable bonds is 13. The monoisotopic (exact) mass is 584 g/mol. The highest BCUT2D eigenvalue weighted by molar-refractivity contribution is 5.63. The minimum Gasteiger partial charge on any atom is -0.504 e. The minimum absolute atomic E-state index is 0.0956. The van der Waals surface area contributed by atoms with Gasteiger partial charge in [0.1, 0.15) is 12.2 Å². The summed E-state index contributed by atoms with van der Waals surface area (Å²) in [5, 5.41) is 50.6. The first-order chi connectivity index (χ1) is 20.3. The second-order valence-corrected chi connectivity index (χ2v) is 9.52. The molecule has 0 unspecified atom stereocenters. The van der Waals surface area contributed by atoms with Gasteiger partial charge in [-0.25, -0.2) is 0 Å². The van der Waals surface area contributed by atoms with E-state index in [2.05, 4.69) is 0 Å². The van der Waals surface area contributed by atoms with Crippen molar-refractivity contribution in [3.05, 3.63) is 70.8 Å². The summed E-state index contributed by atoms with van der Waals surface area (Å²) in [4.78, 5) is 0. The standard InChI is InChI=1S/C31H36O11/c1-37-23-12-18(7-8-22(23)35)28(36)27(16-34)41-31-25(39-3)13-19(14-26(31)40-4)29-21(15-33)20-10-17(6-5-9-32)11-24(38-2)30(20)42-29/h5-8,10-14,21,27-29,32-36H,9,15-16H2,1-4H3/b6-5+/t21-,27+,28-,29-/m1/s1. The predicted octanol–water partition coefficient (Wildman–Crippen LogP) is 3.12. The molecule has 0 spiro atoms. The molecule has 1 aliphatic heterocycles. The summed E-state index contributed by atoms with van der Waals surface area (Å²) >= 11 is 0. The van der Waals surface area contributed by atoms with Gasteiger partial charge < -0.3 is 54.0 Å². The van der Waals surface area contributed by atoms with Crippen LogP contribution in [-0.4, -0.2) is 79.9 Å². The van der Waals surface area contributed by atoms with E-state index < -0.39 is 30.8 Å². The second kappa shape index (κ2) is 13.7. The third kappa shape index (κ3) is 6.04. The van der Waals surface area contributed by atoms with E-state index in [0.717, 1.165) is 11.1 Å². The fourth-order valence-electron chi connectivity index (χ4n) is 4.98. The Morgan fingerprint density at radius 3 is 2.10 bits per heavy atom. The van der Waals surface area contributed by atoms with Gasteiger partial charge >= 0.3 is 0 Å². The molecular formula is C31H36O11. The number of fused-ring (bicyclic) bond motifs is 1. The number of hydrogen-bond acceptors (Lipinski definition) is 11. The molecule has 11 heteroatoms. The third-order valence-electron chi connectivity index (χ3n) is 7.11. The zero-order valence-electron chi connectivity index (χ0n) is 23.8. The van der Waals surface area contributed by atoms with Crippen molar-refractivity contribution >= 4 is 6.08 Å². The van der Waals surface area contributed by atoms with Crippen LogP contribution >= 0.6 is 0 Å². The lowest BCUT2D eigenvalue weighted by molar-refractivity contribution is -0.00180. The SMILES string of the molecule is COc1cc([C@@H](O)[C@H](CO)Oc2c(OC)cc([C@H]3Oc4c(OC)cc(/C=C/CO)cc4[C@H]3CO)cc2OC)ccc1O. The van der Waals surface area contributed by atoms with Crippen LogP contribution in [0.3, 0.4) is 0 Å². The van der Waals surface area contributed by atoms with Crippen LogP contribution in [0.15, 0.2) is 48.5 Å². The van der Waals surface area contributed by atoms with E-state index in [1.165, 1.54) is 46.6 Å². The van der Waals surface area contributed by atoms with Crippen LogP contribution in [0.1, 0.15) is 40.4 Å². The van der Waals surface area contributed by atoms with Crippen molar-refractivity contribution < 1.29 is 54.0 Å². The summed E-state index contributed by atoms with van der Waals surface area (Å²) < 4.78 is 34.3. The third-order valence-corrected chi connectivity index (χ3v) is 7.11.